The largest absolute Gasteiger partial charge is 0.310 e. The van der Waals surface area contributed by atoms with Crippen LogP contribution in [0.1, 0.15) is 32.2 Å². The highest BCUT2D eigenvalue weighted by molar-refractivity contribution is 5.59. The van der Waals surface area contributed by atoms with Gasteiger partial charge in [0.25, 0.3) is 5.56 Å². The van der Waals surface area contributed by atoms with Gasteiger partial charge in [-0.3, -0.25) is 4.79 Å². The van der Waals surface area contributed by atoms with Crippen LogP contribution in [-0.2, 0) is 5.41 Å². The van der Waals surface area contributed by atoms with Gasteiger partial charge in [-0.1, -0.05) is 50.6 Å². The second-order valence-corrected chi connectivity index (χ2v) is 5.60. The second-order valence-electron chi connectivity index (χ2n) is 5.60. The highest BCUT2D eigenvalue weighted by atomic mass is 16.1. The molecule has 18 heavy (non-hydrogen) atoms. The van der Waals surface area contributed by atoms with Crippen LogP contribution in [-0.4, -0.2) is 9.97 Å². The lowest BCUT2D eigenvalue weighted by molar-refractivity contribution is 0.543. The zero-order valence-electron chi connectivity index (χ0n) is 11.2. The van der Waals surface area contributed by atoms with Gasteiger partial charge in [-0.05, 0) is 6.92 Å². The molecule has 0 aliphatic rings. The van der Waals surface area contributed by atoms with E-state index in [1.807, 2.05) is 52.0 Å². The Morgan fingerprint density at radius 1 is 1.11 bits per heavy atom. The summed E-state index contributed by atoms with van der Waals surface area (Å²) in [6, 6.07) is 9.57. The van der Waals surface area contributed by atoms with E-state index in [-0.39, 0.29) is 11.0 Å². The van der Waals surface area contributed by atoms with Gasteiger partial charge in [-0.15, -0.1) is 0 Å². The van der Waals surface area contributed by atoms with Crippen LogP contribution in [0.3, 0.4) is 0 Å². The molecule has 1 aromatic carbocycles. The maximum absolute atomic E-state index is 11.7. The van der Waals surface area contributed by atoms with Gasteiger partial charge in [-0.2, -0.15) is 0 Å². The summed E-state index contributed by atoms with van der Waals surface area (Å²) in [7, 11) is 0. The molecule has 0 bridgehead atoms. The first kappa shape index (κ1) is 12.6. The number of aromatic amines is 1. The van der Waals surface area contributed by atoms with Gasteiger partial charge in [0, 0.05) is 17.0 Å². The summed E-state index contributed by atoms with van der Waals surface area (Å²) >= 11 is 0. The molecule has 2 aromatic rings. The molecule has 1 N–H and O–H groups in total. The summed E-state index contributed by atoms with van der Waals surface area (Å²) in [4.78, 5) is 19.1. The third-order valence-electron chi connectivity index (χ3n) is 2.80. The normalized spacial score (nSPS) is 11.6. The van der Waals surface area contributed by atoms with E-state index in [2.05, 4.69) is 9.97 Å². The minimum Gasteiger partial charge on any atom is -0.310 e. The van der Waals surface area contributed by atoms with Crippen LogP contribution >= 0.6 is 0 Å². The monoisotopic (exact) mass is 242 g/mol. The van der Waals surface area contributed by atoms with E-state index in [1.165, 1.54) is 5.56 Å². The average molecular weight is 242 g/mol. The Morgan fingerprint density at radius 3 is 2.28 bits per heavy atom. The number of rotatable bonds is 1. The molecule has 0 radical (unpaired) electrons. The third-order valence-corrected chi connectivity index (χ3v) is 2.80. The van der Waals surface area contributed by atoms with Gasteiger partial charge in [0.15, 0.2) is 0 Å². The van der Waals surface area contributed by atoms with Crippen molar-refractivity contribution in [2.24, 2.45) is 0 Å². The standard InChI is InChI=1S/C15H18N2O/c1-10-5-7-11(8-6-10)12-9-13(18)17-14(16-12)15(2,3)4/h5-9H,1-4H3,(H,16,17,18). The Kier molecular flexibility index (Phi) is 3.07. The van der Waals surface area contributed by atoms with Crippen molar-refractivity contribution in [3.63, 3.8) is 0 Å². The fourth-order valence-electron chi connectivity index (χ4n) is 1.69. The lowest BCUT2D eigenvalue weighted by Crippen LogP contribution is -2.21. The third kappa shape index (κ3) is 2.67. The molecule has 0 amide bonds. The van der Waals surface area contributed by atoms with Crippen LogP contribution in [0.25, 0.3) is 11.3 Å². The molecule has 3 nitrogen and oxygen atoms in total. The van der Waals surface area contributed by atoms with Crippen molar-refractivity contribution < 1.29 is 0 Å². The van der Waals surface area contributed by atoms with Gasteiger partial charge >= 0.3 is 0 Å². The molecular weight excluding hydrogens is 224 g/mol. The first-order valence-electron chi connectivity index (χ1n) is 6.05. The molecular formula is C15H18N2O. The maximum atomic E-state index is 11.7. The fraction of sp³-hybridized carbons (Fsp3) is 0.333. The topological polar surface area (TPSA) is 45.8 Å². The lowest BCUT2D eigenvalue weighted by atomic mass is 9.95. The van der Waals surface area contributed by atoms with Crippen molar-refractivity contribution in [2.75, 3.05) is 0 Å². The second kappa shape index (κ2) is 4.41. The van der Waals surface area contributed by atoms with Crippen LogP contribution in [0.5, 0.6) is 0 Å². The SMILES string of the molecule is Cc1ccc(-c2cc(=O)[nH]c(C(C)(C)C)n2)cc1. The molecule has 2 rings (SSSR count). The van der Waals surface area contributed by atoms with Gasteiger partial charge in [0.05, 0.1) is 5.69 Å². The van der Waals surface area contributed by atoms with Crippen molar-refractivity contribution in [2.45, 2.75) is 33.1 Å². The quantitative estimate of drug-likeness (QED) is 0.835. The van der Waals surface area contributed by atoms with E-state index in [0.29, 0.717) is 5.82 Å². The predicted molar refractivity (Wildman–Crippen MR) is 73.7 cm³/mol. The molecule has 0 spiro atoms. The highest BCUT2D eigenvalue weighted by Crippen LogP contribution is 2.21. The predicted octanol–water partition coefficient (Wildman–Crippen LogP) is 3.04. The zero-order valence-corrected chi connectivity index (χ0v) is 11.2. The fourth-order valence-corrected chi connectivity index (χ4v) is 1.69. The van der Waals surface area contributed by atoms with Crippen LogP contribution in [0, 0.1) is 6.92 Å². The van der Waals surface area contributed by atoms with Gasteiger partial charge < -0.3 is 4.98 Å². The van der Waals surface area contributed by atoms with E-state index in [0.717, 1.165) is 11.3 Å². The minimum absolute atomic E-state index is 0.106. The summed E-state index contributed by atoms with van der Waals surface area (Å²) in [5, 5.41) is 0. The number of aromatic nitrogens is 2. The molecule has 0 atom stereocenters. The number of benzene rings is 1. The van der Waals surface area contributed by atoms with E-state index in [9.17, 15) is 4.79 Å². The molecule has 3 heteroatoms. The Hall–Kier alpha value is -1.90. The molecule has 1 aromatic heterocycles. The van der Waals surface area contributed by atoms with Crippen LogP contribution in [0.4, 0.5) is 0 Å². The summed E-state index contributed by atoms with van der Waals surface area (Å²) in [5.41, 5.74) is 2.62. The summed E-state index contributed by atoms with van der Waals surface area (Å²) in [6.07, 6.45) is 0. The maximum Gasteiger partial charge on any atom is 0.251 e. The zero-order chi connectivity index (χ0) is 13.3. The van der Waals surface area contributed by atoms with E-state index >= 15 is 0 Å². The Bertz CT molecular complexity index is 604. The Labute approximate surface area is 107 Å². The number of hydrogen-bond acceptors (Lipinski definition) is 2. The molecule has 0 saturated carbocycles. The Balaban J connectivity index is 2.55. The van der Waals surface area contributed by atoms with E-state index < -0.39 is 0 Å². The summed E-state index contributed by atoms with van der Waals surface area (Å²) in [5.74, 6) is 0.713. The Morgan fingerprint density at radius 2 is 1.72 bits per heavy atom. The smallest absolute Gasteiger partial charge is 0.251 e. The molecule has 94 valence electrons. The van der Waals surface area contributed by atoms with Crippen molar-refractivity contribution in [3.05, 3.63) is 52.1 Å². The van der Waals surface area contributed by atoms with Crippen molar-refractivity contribution >= 4 is 0 Å². The molecule has 0 aliphatic carbocycles. The molecule has 0 aliphatic heterocycles. The van der Waals surface area contributed by atoms with Gasteiger partial charge in [0.1, 0.15) is 5.82 Å². The summed E-state index contributed by atoms with van der Waals surface area (Å²) in [6.45, 7) is 8.13. The van der Waals surface area contributed by atoms with Crippen LogP contribution < -0.4 is 5.56 Å². The van der Waals surface area contributed by atoms with Crippen molar-refractivity contribution in [1.29, 1.82) is 0 Å². The highest BCUT2D eigenvalue weighted by Gasteiger charge is 2.17. The molecule has 0 fully saturated rings. The van der Waals surface area contributed by atoms with Crippen molar-refractivity contribution in [1.82, 2.24) is 9.97 Å². The molecule has 1 heterocycles. The minimum atomic E-state index is -0.167. The van der Waals surface area contributed by atoms with Gasteiger partial charge in [-0.25, -0.2) is 4.98 Å². The van der Waals surface area contributed by atoms with Gasteiger partial charge in [0.2, 0.25) is 0 Å². The number of hydrogen-bond donors (Lipinski definition) is 1. The number of nitrogens with one attached hydrogen (secondary N) is 1. The number of H-pyrrole nitrogens is 1. The van der Waals surface area contributed by atoms with E-state index in [1.54, 1.807) is 6.07 Å². The first-order valence-corrected chi connectivity index (χ1v) is 6.05. The van der Waals surface area contributed by atoms with Crippen LogP contribution in [0.15, 0.2) is 35.1 Å². The lowest BCUT2D eigenvalue weighted by Gasteiger charge is -2.17. The van der Waals surface area contributed by atoms with E-state index in [4.69, 9.17) is 0 Å². The first-order chi connectivity index (χ1) is 8.36. The number of nitrogens with zero attached hydrogens (tertiary/aromatic N) is 1. The summed E-state index contributed by atoms with van der Waals surface area (Å²) < 4.78 is 0. The van der Waals surface area contributed by atoms with Crippen molar-refractivity contribution in [3.8, 4) is 11.3 Å². The number of aryl methyl sites for hydroxylation is 1. The van der Waals surface area contributed by atoms with Crippen LogP contribution in [0.2, 0.25) is 0 Å². The molecule has 0 saturated heterocycles. The average Bonchev–Trinajstić information content (AvgIpc) is 2.28. The molecule has 0 unspecified atom stereocenters.